The summed E-state index contributed by atoms with van der Waals surface area (Å²) in [6, 6.07) is 7.84. The van der Waals surface area contributed by atoms with Gasteiger partial charge < -0.3 is 10.8 Å². The molecule has 3 N–H and O–H groups in total. The number of benzene rings is 1. The van der Waals surface area contributed by atoms with Gasteiger partial charge in [-0.1, -0.05) is 63.8 Å². The van der Waals surface area contributed by atoms with Gasteiger partial charge in [-0.2, -0.15) is 0 Å². The Balaban J connectivity index is 2.92. The third kappa shape index (κ3) is 4.32. The fraction of sp³-hybridized carbons (Fsp3) is 0.647. The monoisotopic (exact) mass is 263 g/mol. The fourth-order valence-corrected chi connectivity index (χ4v) is 2.63. The Hall–Kier alpha value is -0.860. The van der Waals surface area contributed by atoms with Gasteiger partial charge in [0.1, 0.15) is 0 Å². The second-order valence-electron chi connectivity index (χ2n) is 5.64. The van der Waals surface area contributed by atoms with Crippen molar-refractivity contribution >= 4 is 0 Å². The van der Waals surface area contributed by atoms with Crippen LogP contribution in [0.1, 0.15) is 69.5 Å². The maximum absolute atomic E-state index is 11.0. The molecule has 1 rings (SSSR count). The van der Waals surface area contributed by atoms with Crippen LogP contribution in [-0.2, 0) is 0 Å². The molecule has 1 aromatic rings. The van der Waals surface area contributed by atoms with E-state index in [0.717, 1.165) is 44.1 Å². The van der Waals surface area contributed by atoms with Crippen LogP contribution in [0.5, 0.6) is 0 Å². The molecule has 1 unspecified atom stereocenters. The highest BCUT2D eigenvalue weighted by molar-refractivity contribution is 5.30. The number of hydrogen-bond acceptors (Lipinski definition) is 2. The second kappa shape index (κ2) is 7.66. The van der Waals surface area contributed by atoms with Crippen molar-refractivity contribution in [1.29, 1.82) is 0 Å². The zero-order chi connectivity index (χ0) is 14.3. The largest absolute Gasteiger partial charge is 0.388 e. The molecule has 0 saturated carbocycles. The van der Waals surface area contributed by atoms with E-state index in [9.17, 15) is 5.11 Å². The summed E-state index contributed by atoms with van der Waals surface area (Å²) in [6.07, 6.45) is 5.82. The average Bonchev–Trinajstić information content (AvgIpc) is 2.42. The first-order valence-corrected chi connectivity index (χ1v) is 7.58. The Bertz CT molecular complexity index is 367. The van der Waals surface area contributed by atoms with Gasteiger partial charge in [0.2, 0.25) is 0 Å². The SMILES string of the molecule is CCCCC(O)(CCCC)C(N)c1ccccc1C. The fourth-order valence-electron chi connectivity index (χ4n) is 2.63. The van der Waals surface area contributed by atoms with Gasteiger partial charge in [-0.05, 0) is 30.9 Å². The summed E-state index contributed by atoms with van der Waals surface area (Å²) in [5.74, 6) is 0. The van der Waals surface area contributed by atoms with Gasteiger partial charge in [0.05, 0.1) is 11.6 Å². The molecule has 1 aromatic carbocycles. The van der Waals surface area contributed by atoms with E-state index in [4.69, 9.17) is 5.73 Å². The molecular formula is C17H29NO. The molecular weight excluding hydrogens is 234 g/mol. The topological polar surface area (TPSA) is 46.2 Å². The van der Waals surface area contributed by atoms with Crippen molar-refractivity contribution < 1.29 is 5.11 Å². The number of aliphatic hydroxyl groups is 1. The Morgan fingerprint density at radius 2 is 1.63 bits per heavy atom. The Morgan fingerprint density at radius 1 is 1.11 bits per heavy atom. The normalized spacial score (nSPS) is 13.5. The highest BCUT2D eigenvalue weighted by atomic mass is 16.3. The van der Waals surface area contributed by atoms with E-state index in [1.165, 1.54) is 5.56 Å². The number of unbranched alkanes of at least 4 members (excludes halogenated alkanes) is 2. The van der Waals surface area contributed by atoms with E-state index >= 15 is 0 Å². The lowest BCUT2D eigenvalue weighted by molar-refractivity contribution is -0.00721. The standard InChI is InChI=1S/C17H29NO/c1-4-6-12-17(19,13-7-5-2)16(18)15-11-9-8-10-14(15)3/h8-11,16,19H,4-7,12-13,18H2,1-3H3. The van der Waals surface area contributed by atoms with E-state index < -0.39 is 5.60 Å². The molecule has 0 aliphatic carbocycles. The van der Waals surface area contributed by atoms with Crippen LogP contribution in [0.2, 0.25) is 0 Å². The zero-order valence-electron chi connectivity index (χ0n) is 12.7. The molecule has 0 aliphatic rings. The Labute approximate surface area is 118 Å². The number of rotatable bonds is 8. The van der Waals surface area contributed by atoms with Gasteiger partial charge in [0.25, 0.3) is 0 Å². The van der Waals surface area contributed by atoms with Crippen LogP contribution in [0.15, 0.2) is 24.3 Å². The van der Waals surface area contributed by atoms with Crippen LogP contribution in [0.4, 0.5) is 0 Å². The first kappa shape index (κ1) is 16.2. The van der Waals surface area contributed by atoms with Crippen molar-refractivity contribution in [1.82, 2.24) is 0 Å². The van der Waals surface area contributed by atoms with Gasteiger partial charge in [0, 0.05) is 0 Å². The molecule has 1 atom stereocenters. The summed E-state index contributed by atoms with van der Waals surface area (Å²) >= 11 is 0. The van der Waals surface area contributed by atoms with E-state index in [2.05, 4.69) is 26.8 Å². The van der Waals surface area contributed by atoms with Gasteiger partial charge in [-0.15, -0.1) is 0 Å². The van der Waals surface area contributed by atoms with Crippen LogP contribution in [0.3, 0.4) is 0 Å². The smallest absolute Gasteiger partial charge is 0.0839 e. The van der Waals surface area contributed by atoms with Gasteiger partial charge in [-0.3, -0.25) is 0 Å². The predicted octanol–water partition coefficient (Wildman–Crippen LogP) is 4.11. The molecule has 0 aromatic heterocycles. The molecule has 0 heterocycles. The van der Waals surface area contributed by atoms with Gasteiger partial charge >= 0.3 is 0 Å². The van der Waals surface area contributed by atoms with Crippen LogP contribution >= 0.6 is 0 Å². The van der Waals surface area contributed by atoms with Crippen molar-refractivity contribution in [3.8, 4) is 0 Å². The molecule has 0 saturated heterocycles. The number of nitrogens with two attached hydrogens (primary N) is 1. The number of hydrogen-bond donors (Lipinski definition) is 2. The Morgan fingerprint density at radius 3 is 2.11 bits per heavy atom. The lowest BCUT2D eigenvalue weighted by Crippen LogP contribution is -2.41. The third-order valence-electron chi connectivity index (χ3n) is 4.03. The first-order chi connectivity index (χ1) is 9.05. The van der Waals surface area contributed by atoms with Crippen LogP contribution in [0, 0.1) is 6.92 Å². The second-order valence-corrected chi connectivity index (χ2v) is 5.64. The van der Waals surface area contributed by atoms with Crippen molar-refractivity contribution in [2.45, 2.75) is 70.9 Å². The zero-order valence-corrected chi connectivity index (χ0v) is 12.7. The van der Waals surface area contributed by atoms with E-state index in [1.54, 1.807) is 0 Å². The quantitative estimate of drug-likeness (QED) is 0.741. The maximum Gasteiger partial charge on any atom is 0.0839 e. The van der Waals surface area contributed by atoms with Crippen LogP contribution in [-0.4, -0.2) is 10.7 Å². The van der Waals surface area contributed by atoms with E-state index in [1.807, 2.05) is 18.2 Å². The summed E-state index contributed by atoms with van der Waals surface area (Å²) in [5, 5.41) is 11.0. The molecule has 19 heavy (non-hydrogen) atoms. The van der Waals surface area contributed by atoms with E-state index in [0.29, 0.717) is 0 Å². The van der Waals surface area contributed by atoms with Crippen LogP contribution in [0.25, 0.3) is 0 Å². The van der Waals surface area contributed by atoms with E-state index in [-0.39, 0.29) is 6.04 Å². The molecule has 0 bridgehead atoms. The minimum atomic E-state index is -0.766. The maximum atomic E-state index is 11.0. The third-order valence-corrected chi connectivity index (χ3v) is 4.03. The van der Waals surface area contributed by atoms with Crippen molar-refractivity contribution in [2.75, 3.05) is 0 Å². The number of aryl methyl sites for hydroxylation is 1. The summed E-state index contributed by atoms with van der Waals surface area (Å²) in [5.41, 5.74) is 7.89. The molecule has 0 amide bonds. The van der Waals surface area contributed by atoms with Gasteiger partial charge in [0.15, 0.2) is 0 Å². The highest BCUT2D eigenvalue weighted by Crippen LogP contribution is 2.34. The van der Waals surface area contributed by atoms with Crippen molar-refractivity contribution in [3.63, 3.8) is 0 Å². The summed E-state index contributed by atoms with van der Waals surface area (Å²) in [4.78, 5) is 0. The average molecular weight is 263 g/mol. The molecule has 108 valence electrons. The molecule has 2 heteroatoms. The molecule has 0 spiro atoms. The van der Waals surface area contributed by atoms with Crippen LogP contribution < -0.4 is 5.73 Å². The molecule has 0 aliphatic heterocycles. The van der Waals surface area contributed by atoms with Gasteiger partial charge in [-0.25, -0.2) is 0 Å². The van der Waals surface area contributed by atoms with Crippen molar-refractivity contribution in [3.05, 3.63) is 35.4 Å². The molecule has 0 radical (unpaired) electrons. The van der Waals surface area contributed by atoms with Crippen molar-refractivity contribution in [2.24, 2.45) is 5.73 Å². The first-order valence-electron chi connectivity index (χ1n) is 7.58. The molecule has 2 nitrogen and oxygen atoms in total. The summed E-state index contributed by atoms with van der Waals surface area (Å²) in [6.45, 7) is 6.37. The minimum Gasteiger partial charge on any atom is -0.388 e. The minimum absolute atomic E-state index is 0.285. The predicted molar refractivity (Wildman–Crippen MR) is 82.1 cm³/mol. The molecule has 0 fully saturated rings. The lowest BCUT2D eigenvalue weighted by Gasteiger charge is -2.35. The summed E-state index contributed by atoms with van der Waals surface area (Å²) < 4.78 is 0. The highest BCUT2D eigenvalue weighted by Gasteiger charge is 2.34. The summed E-state index contributed by atoms with van der Waals surface area (Å²) in [7, 11) is 0. The Kier molecular flexibility index (Phi) is 6.53. The lowest BCUT2D eigenvalue weighted by atomic mass is 9.80.